The molecule has 8 heteroatoms. The molecule has 2 aromatic carbocycles. The summed E-state index contributed by atoms with van der Waals surface area (Å²) in [6, 6.07) is 12.8. The van der Waals surface area contributed by atoms with Gasteiger partial charge in [0.05, 0.1) is 9.48 Å². The van der Waals surface area contributed by atoms with Gasteiger partial charge in [0, 0.05) is 24.3 Å². The van der Waals surface area contributed by atoms with E-state index in [-0.39, 0.29) is 10.8 Å². The molecule has 0 aliphatic carbocycles. The van der Waals surface area contributed by atoms with Crippen LogP contribution in [0.5, 0.6) is 0 Å². The van der Waals surface area contributed by atoms with Crippen molar-refractivity contribution in [2.45, 2.75) is 36.7 Å². The van der Waals surface area contributed by atoms with E-state index in [0.29, 0.717) is 28.8 Å². The summed E-state index contributed by atoms with van der Waals surface area (Å²) in [5.41, 5.74) is 2.87. The summed E-state index contributed by atoms with van der Waals surface area (Å²) < 4.78 is 27.7. The maximum atomic E-state index is 13.0. The molecule has 30 heavy (non-hydrogen) atoms. The maximum absolute atomic E-state index is 13.0. The summed E-state index contributed by atoms with van der Waals surface area (Å²) in [6.07, 6.45) is 1.23. The van der Waals surface area contributed by atoms with Crippen LogP contribution in [0.1, 0.15) is 46.3 Å². The van der Waals surface area contributed by atoms with E-state index in [1.807, 2.05) is 55.6 Å². The third-order valence-electron chi connectivity index (χ3n) is 5.02. The Morgan fingerprint density at radius 3 is 2.47 bits per heavy atom. The summed E-state index contributed by atoms with van der Waals surface area (Å²) in [6.45, 7) is 6.14. The van der Waals surface area contributed by atoms with Crippen LogP contribution >= 0.6 is 23.5 Å². The molecule has 2 aromatic rings. The van der Waals surface area contributed by atoms with Gasteiger partial charge in [0.15, 0.2) is 0 Å². The first kappa shape index (κ1) is 23.2. The Labute approximate surface area is 188 Å². The fourth-order valence-electron chi connectivity index (χ4n) is 3.37. The first-order valence-corrected chi connectivity index (χ1v) is 13.7. The van der Waals surface area contributed by atoms with Gasteiger partial charge >= 0.3 is 0 Å². The predicted octanol–water partition coefficient (Wildman–Crippen LogP) is 5.15. The fourth-order valence-corrected chi connectivity index (χ4v) is 7.95. The molecule has 1 aliphatic rings. The van der Waals surface area contributed by atoms with Crippen LogP contribution in [-0.4, -0.2) is 43.2 Å². The summed E-state index contributed by atoms with van der Waals surface area (Å²) in [4.78, 5) is 13.1. The fraction of sp³-hybridized carbons (Fsp3) is 0.409. The lowest BCUT2D eigenvalue weighted by molar-refractivity contribution is 0.102. The van der Waals surface area contributed by atoms with Gasteiger partial charge in [-0.25, -0.2) is 8.42 Å². The lowest BCUT2D eigenvalue weighted by Gasteiger charge is -2.22. The topological polar surface area (TPSA) is 66.5 Å². The SMILES string of the molecule is CCN(CC)S(=O)(=O)c1cc(C(=O)Nc2cccc(C3SCCCS3)c2)ccc1C. The van der Waals surface area contributed by atoms with Gasteiger partial charge in [-0.3, -0.25) is 4.79 Å². The van der Waals surface area contributed by atoms with E-state index in [2.05, 4.69) is 11.4 Å². The Balaban J connectivity index is 1.83. The highest BCUT2D eigenvalue weighted by molar-refractivity contribution is 8.16. The van der Waals surface area contributed by atoms with E-state index in [4.69, 9.17) is 0 Å². The number of rotatable bonds is 7. The number of nitrogens with one attached hydrogen (secondary N) is 1. The molecule has 0 spiro atoms. The highest BCUT2D eigenvalue weighted by atomic mass is 32.2. The number of aryl methyl sites for hydroxylation is 1. The number of carbonyl (C=O) groups is 1. The summed E-state index contributed by atoms with van der Waals surface area (Å²) in [5.74, 6) is 2.00. The quantitative estimate of drug-likeness (QED) is 0.614. The Hall–Kier alpha value is -1.48. The minimum atomic E-state index is -3.63. The zero-order valence-electron chi connectivity index (χ0n) is 17.6. The number of carbonyl (C=O) groups excluding carboxylic acids is 1. The number of amides is 1. The van der Waals surface area contributed by atoms with Crippen LogP contribution in [0.25, 0.3) is 0 Å². The van der Waals surface area contributed by atoms with Crippen LogP contribution in [0.3, 0.4) is 0 Å². The molecule has 1 amide bonds. The van der Waals surface area contributed by atoms with E-state index in [9.17, 15) is 13.2 Å². The average Bonchev–Trinajstić information content (AvgIpc) is 2.75. The van der Waals surface area contributed by atoms with Gasteiger partial charge in [-0.05, 0) is 60.2 Å². The highest BCUT2D eigenvalue weighted by Gasteiger charge is 2.25. The van der Waals surface area contributed by atoms with Gasteiger partial charge < -0.3 is 5.32 Å². The largest absolute Gasteiger partial charge is 0.322 e. The second kappa shape index (κ2) is 10.2. The number of sulfonamides is 1. The van der Waals surface area contributed by atoms with Crippen LogP contribution in [0.2, 0.25) is 0 Å². The molecule has 0 atom stereocenters. The number of hydrogen-bond acceptors (Lipinski definition) is 5. The van der Waals surface area contributed by atoms with Crippen molar-refractivity contribution in [1.29, 1.82) is 0 Å². The summed E-state index contributed by atoms with van der Waals surface area (Å²) >= 11 is 3.86. The molecule has 0 radical (unpaired) electrons. The van der Waals surface area contributed by atoms with Crippen molar-refractivity contribution in [3.05, 3.63) is 59.2 Å². The molecule has 3 rings (SSSR count). The molecule has 0 aromatic heterocycles. The number of anilines is 1. The molecule has 5 nitrogen and oxygen atoms in total. The van der Waals surface area contributed by atoms with Gasteiger partial charge in [0.25, 0.3) is 5.91 Å². The molecule has 1 saturated heterocycles. The van der Waals surface area contributed by atoms with Crippen molar-refractivity contribution in [1.82, 2.24) is 4.31 Å². The van der Waals surface area contributed by atoms with Crippen LogP contribution in [0.4, 0.5) is 5.69 Å². The van der Waals surface area contributed by atoms with E-state index in [1.54, 1.807) is 19.1 Å². The average molecular weight is 465 g/mol. The number of thioether (sulfide) groups is 2. The first-order valence-electron chi connectivity index (χ1n) is 10.1. The second-order valence-electron chi connectivity index (χ2n) is 7.08. The standard InChI is InChI=1S/C22H28N2O3S3/c1-4-24(5-2)30(26,27)20-15-17(11-10-16(20)3)21(25)23-19-9-6-8-18(14-19)22-28-12-7-13-29-22/h6,8-11,14-15,22H,4-5,7,12-13H2,1-3H3,(H,23,25). The smallest absolute Gasteiger partial charge is 0.255 e. The van der Waals surface area contributed by atoms with Crippen molar-refractivity contribution < 1.29 is 13.2 Å². The van der Waals surface area contributed by atoms with E-state index >= 15 is 0 Å². The molecule has 1 fully saturated rings. The molecule has 162 valence electrons. The monoisotopic (exact) mass is 464 g/mol. The normalized spacial score (nSPS) is 15.3. The number of hydrogen-bond donors (Lipinski definition) is 1. The Kier molecular flexibility index (Phi) is 7.90. The highest BCUT2D eigenvalue weighted by Crippen LogP contribution is 2.44. The lowest BCUT2D eigenvalue weighted by Crippen LogP contribution is -2.31. The number of benzene rings is 2. The molecule has 1 aliphatic heterocycles. The number of nitrogens with zero attached hydrogens (tertiary/aromatic N) is 1. The molecule has 1 heterocycles. The van der Waals surface area contributed by atoms with Gasteiger partial charge in [-0.1, -0.05) is 32.0 Å². The Morgan fingerprint density at radius 1 is 1.10 bits per heavy atom. The molecule has 1 N–H and O–H groups in total. The Bertz CT molecular complexity index is 998. The van der Waals surface area contributed by atoms with Crippen LogP contribution < -0.4 is 5.32 Å². The maximum Gasteiger partial charge on any atom is 0.255 e. The molecular formula is C22H28N2O3S3. The predicted molar refractivity (Wildman–Crippen MR) is 128 cm³/mol. The van der Waals surface area contributed by atoms with Crippen molar-refractivity contribution in [2.75, 3.05) is 29.9 Å². The van der Waals surface area contributed by atoms with E-state index in [1.165, 1.54) is 22.4 Å². The Morgan fingerprint density at radius 2 is 1.80 bits per heavy atom. The van der Waals surface area contributed by atoms with Gasteiger partial charge in [0.1, 0.15) is 0 Å². The van der Waals surface area contributed by atoms with Crippen molar-refractivity contribution in [2.24, 2.45) is 0 Å². The zero-order valence-corrected chi connectivity index (χ0v) is 20.0. The first-order chi connectivity index (χ1) is 14.4. The molecule has 0 saturated carbocycles. The summed E-state index contributed by atoms with van der Waals surface area (Å²) in [5, 5.41) is 2.93. The minimum absolute atomic E-state index is 0.183. The lowest BCUT2D eigenvalue weighted by atomic mass is 10.1. The third-order valence-corrected chi connectivity index (χ3v) is 10.2. The van der Waals surface area contributed by atoms with Gasteiger partial charge in [0.2, 0.25) is 10.0 Å². The van der Waals surface area contributed by atoms with Crippen LogP contribution in [0.15, 0.2) is 47.4 Å². The van der Waals surface area contributed by atoms with Crippen molar-refractivity contribution in [3.8, 4) is 0 Å². The van der Waals surface area contributed by atoms with Crippen molar-refractivity contribution in [3.63, 3.8) is 0 Å². The van der Waals surface area contributed by atoms with Gasteiger partial charge in [-0.2, -0.15) is 4.31 Å². The van der Waals surface area contributed by atoms with Crippen molar-refractivity contribution >= 4 is 45.1 Å². The van der Waals surface area contributed by atoms with E-state index < -0.39 is 10.0 Å². The van der Waals surface area contributed by atoms with E-state index in [0.717, 1.165) is 17.2 Å². The zero-order chi connectivity index (χ0) is 21.7. The van der Waals surface area contributed by atoms with Gasteiger partial charge in [-0.15, -0.1) is 23.5 Å². The third kappa shape index (κ3) is 5.22. The van der Waals surface area contributed by atoms with Crippen LogP contribution in [-0.2, 0) is 10.0 Å². The summed E-state index contributed by atoms with van der Waals surface area (Å²) in [7, 11) is -3.63. The second-order valence-corrected chi connectivity index (χ2v) is 11.7. The minimum Gasteiger partial charge on any atom is -0.322 e. The molecular weight excluding hydrogens is 436 g/mol. The van der Waals surface area contributed by atoms with Crippen LogP contribution in [0, 0.1) is 6.92 Å². The molecule has 0 unspecified atom stereocenters. The molecule has 0 bridgehead atoms.